The van der Waals surface area contributed by atoms with Crippen molar-refractivity contribution < 1.29 is 47.6 Å². The second-order valence-corrected chi connectivity index (χ2v) is 14.9. The number of benzene rings is 1. The van der Waals surface area contributed by atoms with Crippen LogP contribution in [0.2, 0.25) is 0 Å². The minimum atomic E-state index is -1.20. The fourth-order valence-electron chi connectivity index (χ4n) is 5.49. The second-order valence-electron chi connectivity index (χ2n) is 13.9. The molecule has 52 heavy (non-hydrogen) atoms. The molecule has 3 amide bonds. The van der Waals surface area contributed by atoms with Gasteiger partial charge in [0, 0.05) is 24.8 Å². The number of aryl methyl sites for hydroxylation is 2. The molecule has 0 saturated carbocycles. The predicted octanol–water partition coefficient (Wildman–Crippen LogP) is 6.02. The van der Waals surface area contributed by atoms with Crippen LogP contribution in [0.1, 0.15) is 87.5 Å². The maximum atomic E-state index is 13.2. The first-order valence-electron chi connectivity index (χ1n) is 16.8. The Balaban J connectivity index is 1.28. The highest BCUT2D eigenvalue weighted by Gasteiger charge is 2.31. The average molecular weight is 742 g/mol. The van der Waals surface area contributed by atoms with E-state index < -0.39 is 29.6 Å². The third-order valence-electron chi connectivity index (χ3n) is 8.15. The summed E-state index contributed by atoms with van der Waals surface area (Å²) in [5, 5.41) is 17.4. The number of thioether (sulfide) groups is 1. The minimum absolute atomic E-state index is 0.0134. The fraction of sp³-hybridized carbons (Fsp3) is 0.500. The quantitative estimate of drug-likeness (QED) is 0.0755. The number of hydrogen-bond acceptors (Lipinski definition) is 12. The lowest BCUT2D eigenvalue weighted by Crippen LogP contribution is -2.43. The maximum absolute atomic E-state index is 13.2. The van der Waals surface area contributed by atoms with Crippen molar-refractivity contribution in [1.29, 1.82) is 0 Å². The summed E-state index contributed by atoms with van der Waals surface area (Å²) in [6, 6.07) is 6.11. The van der Waals surface area contributed by atoms with Gasteiger partial charge in [0.2, 0.25) is 17.7 Å². The Morgan fingerprint density at radius 2 is 1.77 bits per heavy atom. The molecule has 0 fully saturated rings. The van der Waals surface area contributed by atoms with Gasteiger partial charge >= 0.3 is 12.1 Å². The molecule has 1 aliphatic rings. The third-order valence-corrected chi connectivity index (χ3v) is 9.00. The molecule has 282 valence electrons. The fourth-order valence-corrected chi connectivity index (χ4v) is 6.26. The smallest absolute Gasteiger partial charge is 0.408 e. The number of carboxylic acid groups (broad SMARTS) is 1. The molecule has 4 rings (SSSR count). The van der Waals surface area contributed by atoms with Crippen LogP contribution in [0.5, 0.6) is 23.5 Å². The molecule has 0 saturated heterocycles. The number of fused-ring (bicyclic) bond motifs is 1. The number of aromatic nitrogens is 2. The number of hydrogen-bond donors (Lipinski definition) is 4. The van der Waals surface area contributed by atoms with Gasteiger partial charge in [0.1, 0.15) is 17.4 Å². The summed E-state index contributed by atoms with van der Waals surface area (Å²) in [5.41, 5.74) is 2.93. The number of anilines is 1. The highest BCUT2D eigenvalue weighted by molar-refractivity contribution is 7.99. The van der Waals surface area contributed by atoms with Gasteiger partial charge in [-0.1, -0.05) is 31.7 Å². The summed E-state index contributed by atoms with van der Waals surface area (Å²) in [6.45, 7) is 11.6. The van der Waals surface area contributed by atoms with E-state index in [1.165, 1.54) is 43.2 Å². The average Bonchev–Trinajstić information content (AvgIpc) is 3.65. The maximum Gasteiger partial charge on any atom is 0.408 e. The molecule has 0 bridgehead atoms. The Morgan fingerprint density at radius 3 is 2.40 bits per heavy atom. The number of rotatable bonds is 16. The number of carbonyl (C=O) groups is 4. The molecular formula is C36H47N5O10S. The molecule has 0 spiro atoms. The van der Waals surface area contributed by atoms with Crippen LogP contribution in [-0.2, 0) is 26.2 Å². The summed E-state index contributed by atoms with van der Waals surface area (Å²) >= 11 is 1.17. The van der Waals surface area contributed by atoms with E-state index in [-0.39, 0.29) is 65.0 Å². The number of aliphatic carboxylic acids is 1. The van der Waals surface area contributed by atoms with Gasteiger partial charge in [-0.2, -0.15) is 9.97 Å². The van der Waals surface area contributed by atoms with Crippen molar-refractivity contribution in [3.63, 3.8) is 0 Å². The number of nitrogens with one attached hydrogen (secondary N) is 3. The summed E-state index contributed by atoms with van der Waals surface area (Å²) in [4.78, 5) is 57.8. The highest BCUT2D eigenvalue weighted by atomic mass is 32.2. The summed E-state index contributed by atoms with van der Waals surface area (Å²) in [7, 11) is 2.77. The molecule has 1 atom stereocenters. The van der Waals surface area contributed by atoms with Crippen LogP contribution in [0.15, 0.2) is 33.8 Å². The van der Waals surface area contributed by atoms with E-state index in [4.69, 9.17) is 23.4 Å². The van der Waals surface area contributed by atoms with E-state index in [2.05, 4.69) is 45.8 Å². The van der Waals surface area contributed by atoms with Crippen molar-refractivity contribution in [1.82, 2.24) is 20.6 Å². The molecule has 1 aliphatic carbocycles. The van der Waals surface area contributed by atoms with E-state index in [1.807, 2.05) is 13.0 Å². The molecule has 3 aromatic rings. The Labute approximate surface area is 306 Å². The monoisotopic (exact) mass is 741 g/mol. The van der Waals surface area contributed by atoms with Crippen LogP contribution in [-0.4, -0.2) is 77.1 Å². The Morgan fingerprint density at radius 1 is 1.08 bits per heavy atom. The Kier molecular flexibility index (Phi) is 13.0. The number of ether oxygens (including phenoxy) is 4. The van der Waals surface area contributed by atoms with Crippen molar-refractivity contribution >= 4 is 41.3 Å². The number of amides is 3. The molecule has 4 N–H and O–H groups in total. The van der Waals surface area contributed by atoms with Crippen LogP contribution in [0.25, 0.3) is 0 Å². The molecule has 15 nitrogen and oxygen atoms in total. The van der Waals surface area contributed by atoms with Crippen LogP contribution < -0.4 is 30.2 Å². The van der Waals surface area contributed by atoms with Crippen molar-refractivity contribution in [2.75, 3.05) is 31.8 Å². The standard InChI is InChI=1S/C36H47N5O10S/c1-20-18-21-13-15-36(5,6)22(21)19-25(20)50-27-12-11-24(49-27)29(43)39-28-30(47-7)40-33(41-31(28)48-8)52-17-14-26(42)37-16-9-10-23(32(44)45)38-34(46)51-35(2,3)4/h11-12,18-19,23H,9-10,13-17H2,1-8H3,(H,37,42)(H,38,46)(H,39,43)(H,44,45)/t23-/m1/s1. The van der Waals surface area contributed by atoms with Gasteiger partial charge in [0.05, 0.1) is 14.2 Å². The van der Waals surface area contributed by atoms with Crippen LogP contribution in [0.4, 0.5) is 10.5 Å². The Bertz CT molecular complexity index is 1760. The summed E-state index contributed by atoms with van der Waals surface area (Å²) in [6.07, 6.45) is 1.80. The predicted molar refractivity (Wildman–Crippen MR) is 193 cm³/mol. The number of nitrogens with zero attached hydrogens (tertiary/aromatic N) is 2. The van der Waals surface area contributed by atoms with E-state index in [0.29, 0.717) is 17.9 Å². The van der Waals surface area contributed by atoms with Gasteiger partial charge < -0.3 is 44.4 Å². The lowest BCUT2D eigenvalue weighted by atomic mass is 9.86. The first-order chi connectivity index (χ1) is 24.5. The van der Waals surface area contributed by atoms with Gasteiger partial charge in [-0.25, -0.2) is 9.59 Å². The summed E-state index contributed by atoms with van der Waals surface area (Å²) in [5.74, 6) is -0.869. The highest BCUT2D eigenvalue weighted by Crippen LogP contribution is 2.42. The zero-order valence-corrected chi connectivity index (χ0v) is 31.6. The zero-order chi connectivity index (χ0) is 38.2. The molecule has 0 radical (unpaired) electrons. The lowest BCUT2D eigenvalue weighted by Gasteiger charge is -2.22. The van der Waals surface area contributed by atoms with Gasteiger partial charge in [-0.15, -0.1) is 0 Å². The van der Waals surface area contributed by atoms with Crippen molar-refractivity contribution in [3.8, 4) is 23.5 Å². The molecule has 0 aliphatic heterocycles. The number of carboxylic acids is 1. The minimum Gasteiger partial charge on any atom is -0.480 e. The number of alkyl carbamates (subject to hydrolysis) is 1. The number of carbonyl (C=O) groups excluding carboxylic acids is 3. The van der Waals surface area contributed by atoms with Crippen LogP contribution in [0, 0.1) is 6.92 Å². The van der Waals surface area contributed by atoms with Crippen LogP contribution >= 0.6 is 11.8 Å². The number of methoxy groups -OCH3 is 2. The van der Waals surface area contributed by atoms with Gasteiger partial charge in [-0.05, 0) is 87.6 Å². The summed E-state index contributed by atoms with van der Waals surface area (Å²) < 4.78 is 27.7. The van der Waals surface area contributed by atoms with Crippen molar-refractivity contribution in [2.24, 2.45) is 0 Å². The molecule has 16 heteroatoms. The van der Waals surface area contributed by atoms with E-state index >= 15 is 0 Å². The molecule has 2 heterocycles. The van der Waals surface area contributed by atoms with Crippen molar-refractivity contribution in [3.05, 3.63) is 46.7 Å². The molecular weight excluding hydrogens is 694 g/mol. The molecule has 2 aromatic heterocycles. The lowest BCUT2D eigenvalue weighted by molar-refractivity contribution is -0.139. The Hall–Kier alpha value is -4.99. The van der Waals surface area contributed by atoms with E-state index in [0.717, 1.165) is 18.4 Å². The largest absolute Gasteiger partial charge is 0.480 e. The van der Waals surface area contributed by atoms with Gasteiger partial charge in [-0.3, -0.25) is 9.59 Å². The SMILES string of the molecule is COc1nc(SCCC(=O)NCCC[C@@H](NC(=O)OC(C)(C)C)C(=O)O)nc(OC)c1NC(=O)c1ccc(Oc2cc3c(cc2C)CCC3(C)C)o1. The van der Waals surface area contributed by atoms with E-state index in [9.17, 15) is 24.3 Å². The molecule has 0 unspecified atom stereocenters. The second kappa shape index (κ2) is 17.0. The van der Waals surface area contributed by atoms with Crippen LogP contribution in [0.3, 0.4) is 0 Å². The van der Waals surface area contributed by atoms with Gasteiger partial charge in [0.15, 0.2) is 16.6 Å². The third kappa shape index (κ3) is 10.8. The molecule has 1 aromatic carbocycles. The van der Waals surface area contributed by atoms with E-state index in [1.54, 1.807) is 26.8 Å². The first-order valence-corrected chi connectivity index (χ1v) is 17.8. The number of furan rings is 1. The first kappa shape index (κ1) is 39.8. The zero-order valence-electron chi connectivity index (χ0n) is 30.8. The van der Waals surface area contributed by atoms with Crippen molar-refractivity contribution in [2.45, 2.75) is 95.9 Å². The van der Waals surface area contributed by atoms with Gasteiger partial charge in [0.25, 0.3) is 11.9 Å². The normalized spacial score (nSPS) is 13.8. The topological polar surface area (TPSA) is 200 Å².